The monoisotopic (exact) mass is 475 g/mol. The minimum Gasteiger partial charge on any atom is -0.508 e. The maximum atomic E-state index is 13.7. The van der Waals surface area contributed by atoms with Crippen LogP contribution in [0, 0.1) is 11.8 Å². The summed E-state index contributed by atoms with van der Waals surface area (Å²) in [6.45, 7) is 0. The van der Waals surface area contributed by atoms with Gasteiger partial charge in [-0.15, -0.1) is 0 Å². The van der Waals surface area contributed by atoms with E-state index in [1.807, 2.05) is 0 Å². The summed E-state index contributed by atoms with van der Waals surface area (Å²) in [5.41, 5.74) is 2.23. The Kier molecular flexibility index (Phi) is 4.94. The number of aliphatic hydroxyl groups is 4. The van der Waals surface area contributed by atoms with Crippen LogP contribution in [0.4, 0.5) is 0 Å². The number of benzene rings is 2. The molecule has 0 heterocycles. The lowest BCUT2D eigenvalue weighted by molar-refractivity contribution is -0.157. The van der Waals surface area contributed by atoms with Gasteiger partial charge in [0.15, 0.2) is 11.4 Å². The summed E-state index contributed by atoms with van der Waals surface area (Å²) in [5.74, 6) is -8.48. The van der Waals surface area contributed by atoms with Crippen molar-refractivity contribution in [2.75, 3.05) is 0 Å². The molecule has 2 aromatic rings. The van der Waals surface area contributed by atoms with Crippen LogP contribution in [0.25, 0.3) is 17.4 Å². The average molecular weight is 475 g/mol. The number of fused-ring (bicyclic) bond motifs is 3. The van der Waals surface area contributed by atoms with Crippen molar-refractivity contribution in [3.8, 4) is 5.75 Å². The van der Waals surface area contributed by atoms with Gasteiger partial charge in [-0.1, -0.05) is 48.5 Å². The summed E-state index contributed by atoms with van der Waals surface area (Å²) < 4.78 is 0. The van der Waals surface area contributed by atoms with Gasteiger partial charge in [-0.3, -0.25) is 14.4 Å². The number of amides is 1. The number of aliphatic hydroxyl groups excluding tert-OH is 3. The minimum atomic E-state index is -2.88. The fraction of sp³-hybridized carbons (Fsp3) is 0.192. The molecule has 0 saturated heterocycles. The third kappa shape index (κ3) is 2.99. The van der Waals surface area contributed by atoms with E-state index in [0.29, 0.717) is 16.7 Å². The van der Waals surface area contributed by atoms with Gasteiger partial charge in [0.1, 0.15) is 22.8 Å². The molecule has 35 heavy (non-hydrogen) atoms. The second kappa shape index (κ2) is 7.66. The second-order valence-electron chi connectivity index (χ2n) is 8.86. The molecule has 3 aliphatic carbocycles. The highest BCUT2D eigenvalue weighted by Gasteiger charge is 2.64. The van der Waals surface area contributed by atoms with Crippen LogP contribution < -0.4 is 5.73 Å². The Morgan fingerprint density at radius 3 is 2.37 bits per heavy atom. The van der Waals surface area contributed by atoms with Gasteiger partial charge in [0.05, 0.1) is 17.2 Å². The highest BCUT2D eigenvalue weighted by molar-refractivity contribution is 6.23. The Balaban J connectivity index is 1.82. The summed E-state index contributed by atoms with van der Waals surface area (Å²) in [5, 5.41) is 55.2. The van der Waals surface area contributed by atoms with Crippen LogP contribution in [-0.2, 0) is 14.4 Å². The number of phenolic OH excluding ortho intramolecular Hbond substituents is 1. The van der Waals surface area contributed by atoms with Crippen molar-refractivity contribution in [3.05, 3.63) is 82.1 Å². The van der Waals surface area contributed by atoms with E-state index in [-0.39, 0.29) is 11.3 Å². The highest BCUT2D eigenvalue weighted by Crippen LogP contribution is 2.55. The molecule has 1 saturated carbocycles. The van der Waals surface area contributed by atoms with Crippen molar-refractivity contribution in [2.24, 2.45) is 17.6 Å². The number of Topliss-reactive ketones (excluding diaryl/α,β-unsaturated/α-hetero) is 2. The Morgan fingerprint density at radius 1 is 1.03 bits per heavy atom. The van der Waals surface area contributed by atoms with Crippen molar-refractivity contribution >= 4 is 34.9 Å². The predicted octanol–water partition coefficient (Wildman–Crippen LogP) is 1.39. The van der Waals surface area contributed by atoms with E-state index in [4.69, 9.17) is 5.73 Å². The van der Waals surface area contributed by atoms with Gasteiger partial charge in [-0.25, -0.2) is 0 Å². The van der Waals surface area contributed by atoms with Crippen LogP contribution >= 0.6 is 0 Å². The molecular formula is C26H21NO8. The molecule has 0 aromatic heterocycles. The maximum absolute atomic E-state index is 13.7. The number of primary amides is 1. The van der Waals surface area contributed by atoms with Crippen molar-refractivity contribution in [1.82, 2.24) is 0 Å². The van der Waals surface area contributed by atoms with Crippen LogP contribution in [0.5, 0.6) is 5.75 Å². The number of hydrogen-bond acceptors (Lipinski definition) is 8. The predicted molar refractivity (Wildman–Crippen MR) is 123 cm³/mol. The zero-order chi connectivity index (χ0) is 25.2. The first kappa shape index (κ1) is 22.6. The number of rotatable bonds is 2. The topological polar surface area (TPSA) is 178 Å². The van der Waals surface area contributed by atoms with E-state index >= 15 is 0 Å². The van der Waals surface area contributed by atoms with Gasteiger partial charge in [-0.2, -0.15) is 0 Å². The number of carbonyl (C=O) groups is 3. The molecule has 1 amide bonds. The van der Waals surface area contributed by atoms with E-state index in [1.165, 1.54) is 12.1 Å². The molecule has 9 heteroatoms. The summed E-state index contributed by atoms with van der Waals surface area (Å²) in [6, 6.07) is 13.4. The van der Waals surface area contributed by atoms with Gasteiger partial charge < -0.3 is 31.3 Å². The first-order chi connectivity index (χ1) is 16.6. The number of hydrogen-bond donors (Lipinski definition) is 6. The van der Waals surface area contributed by atoms with Crippen molar-refractivity contribution in [1.29, 1.82) is 0 Å². The SMILES string of the molecule is NC(=O)C1=C(O)[C@@]2(O)C(=O)C3=C(O)c4c(O)cccc4/C(=C\c4ccccc4)[C@H]3[C@H](O)[C@H]2CC1=O. The van der Waals surface area contributed by atoms with Crippen LogP contribution in [-0.4, -0.2) is 54.7 Å². The van der Waals surface area contributed by atoms with Crippen LogP contribution in [0.3, 0.4) is 0 Å². The summed E-state index contributed by atoms with van der Waals surface area (Å²) >= 11 is 0. The quantitative estimate of drug-likeness (QED) is 0.353. The van der Waals surface area contributed by atoms with E-state index in [2.05, 4.69) is 0 Å². The minimum absolute atomic E-state index is 0.0889. The number of nitrogens with two attached hydrogens (primary N) is 1. The number of phenols is 1. The van der Waals surface area contributed by atoms with E-state index < -0.39 is 70.1 Å². The van der Waals surface area contributed by atoms with Gasteiger partial charge >= 0.3 is 0 Å². The standard InChI is InChI=1S/C26H21NO8/c27-25(34)19-16(29)10-14-21(30)18-13(9-11-5-2-1-3-6-11)12-7-4-8-15(28)17(12)22(31)20(18)24(33)26(14,35)23(19)32/h1-9,14,18,21,28,30-32,35H,10H2,(H2,27,34)/b13-9+/t14-,18-,21-,26-/m1/s1. The lowest BCUT2D eigenvalue weighted by atomic mass is 9.56. The molecular weight excluding hydrogens is 454 g/mol. The Hall–Kier alpha value is -4.21. The number of ketones is 2. The maximum Gasteiger partial charge on any atom is 0.255 e. The average Bonchev–Trinajstić information content (AvgIpc) is 2.81. The molecule has 0 unspecified atom stereocenters. The molecule has 5 rings (SSSR count). The van der Waals surface area contributed by atoms with Gasteiger partial charge in [0.25, 0.3) is 5.91 Å². The van der Waals surface area contributed by atoms with Gasteiger partial charge in [0.2, 0.25) is 5.78 Å². The Labute approximate surface area is 198 Å². The normalized spacial score (nSPS) is 29.1. The fourth-order valence-corrected chi connectivity index (χ4v) is 5.42. The molecule has 9 nitrogen and oxygen atoms in total. The van der Waals surface area contributed by atoms with Crippen LogP contribution in [0.2, 0.25) is 0 Å². The van der Waals surface area contributed by atoms with Gasteiger partial charge in [-0.05, 0) is 22.8 Å². The number of aromatic hydroxyl groups is 1. The zero-order valence-corrected chi connectivity index (χ0v) is 18.2. The smallest absolute Gasteiger partial charge is 0.255 e. The molecule has 0 radical (unpaired) electrons. The van der Waals surface area contributed by atoms with Crippen molar-refractivity contribution in [3.63, 3.8) is 0 Å². The van der Waals surface area contributed by atoms with E-state index in [1.54, 1.807) is 42.5 Å². The molecule has 3 aliphatic rings. The largest absolute Gasteiger partial charge is 0.508 e. The Bertz CT molecular complexity index is 1400. The molecule has 178 valence electrons. The molecule has 7 N–H and O–H groups in total. The summed E-state index contributed by atoms with van der Waals surface area (Å²) in [6.07, 6.45) is -0.603. The van der Waals surface area contributed by atoms with Crippen molar-refractivity contribution < 1.29 is 39.9 Å². The third-order valence-electron chi connectivity index (χ3n) is 7.02. The lowest BCUT2D eigenvalue weighted by Gasteiger charge is -2.49. The van der Waals surface area contributed by atoms with Crippen LogP contribution in [0.1, 0.15) is 23.1 Å². The molecule has 0 bridgehead atoms. The first-order valence-electron chi connectivity index (χ1n) is 10.8. The summed E-state index contributed by atoms with van der Waals surface area (Å²) in [4.78, 5) is 38.1. The van der Waals surface area contributed by atoms with E-state index in [0.717, 1.165) is 0 Å². The highest BCUT2D eigenvalue weighted by atomic mass is 16.4. The fourth-order valence-electron chi connectivity index (χ4n) is 5.42. The zero-order valence-electron chi connectivity index (χ0n) is 18.2. The summed E-state index contributed by atoms with van der Waals surface area (Å²) in [7, 11) is 0. The molecule has 4 atom stereocenters. The third-order valence-corrected chi connectivity index (χ3v) is 7.02. The molecule has 1 fully saturated rings. The lowest BCUT2D eigenvalue weighted by Crippen LogP contribution is -2.63. The van der Waals surface area contributed by atoms with Crippen molar-refractivity contribution in [2.45, 2.75) is 18.1 Å². The number of carbonyl (C=O) groups excluding carboxylic acids is 3. The van der Waals surface area contributed by atoms with E-state index in [9.17, 15) is 39.9 Å². The Morgan fingerprint density at radius 2 is 1.71 bits per heavy atom. The van der Waals surface area contributed by atoms with Gasteiger partial charge in [0, 0.05) is 18.3 Å². The molecule has 0 aliphatic heterocycles. The first-order valence-corrected chi connectivity index (χ1v) is 10.8. The molecule has 0 spiro atoms. The molecule has 2 aromatic carbocycles. The second-order valence-corrected chi connectivity index (χ2v) is 8.86. The van der Waals surface area contributed by atoms with Crippen LogP contribution in [0.15, 0.2) is 65.4 Å².